The second-order valence-corrected chi connectivity index (χ2v) is 6.32. The summed E-state index contributed by atoms with van der Waals surface area (Å²) in [5, 5.41) is 3.88. The van der Waals surface area contributed by atoms with Gasteiger partial charge in [0.2, 0.25) is 0 Å². The summed E-state index contributed by atoms with van der Waals surface area (Å²) in [6.07, 6.45) is 1.58. The van der Waals surface area contributed by atoms with Gasteiger partial charge in [-0.05, 0) is 42.0 Å². The van der Waals surface area contributed by atoms with Crippen molar-refractivity contribution < 1.29 is 19.1 Å². The number of para-hydroxylation sites is 2. The molecule has 0 spiro atoms. The van der Waals surface area contributed by atoms with Crippen LogP contribution in [0.5, 0.6) is 11.5 Å². The molecule has 148 valence electrons. The van der Waals surface area contributed by atoms with Crippen LogP contribution in [0.2, 0.25) is 0 Å². The maximum Gasteiger partial charge on any atom is 0.263 e. The summed E-state index contributed by atoms with van der Waals surface area (Å²) in [5.41, 5.74) is 1.93. The van der Waals surface area contributed by atoms with Crippen LogP contribution in [0.1, 0.15) is 5.56 Å². The first-order chi connectivity index (χ1) is 13.7. The fourth-order valence-corrected chi connectivity index (χ4v) is 3.06. The highest BCUT2D eigenvalue weighted by Crippen LogP contribution is 2.28. The number of piperazine rings is 1. The monoisotopic (exact) mass is 383 g/mol. The minimum Gasteiger partial charge on any atom is -0.497 e. The van der Waals surface area contributed by atoms with E-state index in [1.165, 1.54) is 0 Å². The molecule has 1 heterocycles. The Hall–Kier alpha value is -3.22. The molecule has 1 amide bonds. The molecule has 2 aromatic rings. The van der Waals surface area contributed by atoms with Gasteiger partial charge in [-0.1, -0.05) is 17.3 Å². The standard InChI is InChI=1S/C21H25N3O4/c1-26-18-9-7-17(8-10-18)15-22-28-16-21(25)24-13-11-23(12-14-24)19-5-3-4-6-20(19)27-2/h3-10,15H,11-14,16H2,1-2H3/b22-15-. The molecule has 0 saturated carbocycles. The molecule has 1 saturated heterocycles. The number of anilines is 1. The lowest BCUT2D eigenvalue weighted by molar-refractivity contribution is -0.136. The predicted molar refractivity (Wildman–Crippen MR) is 108 cm³/mol. The van der Waals surface area contributed by atoms with Crippen molar-refractivity contribution in [3.63, 3.8) is 0 Å². The summed E-state index contributed by atoms with van der Waals surface area (Å²) < 4.78 is 10.5. The van der Waals surface area contributed by atoms with Gasteiger partial charge in [-0.25, -0.2) is 0 Å². The molecule has 0 bridgehead atoms. The molecule has 1 fully saturated rings. The van der Waals surface area contributed by atoms with E-state index in [2.05, 4.69) is 10.1 Å². The Balaban J connectivity index is 1.44. The van der Waals surface area contributed by atoms with E-state index in [-0.39, 0.29) is 12.5 Å². The summed E-state index contributed by atoms with van der Waals surface area (Å²) in [7, 11) is 3.29. The quantitative estimate of drug-likeness (QED) is 0.543. The number of methoxy groups -OCH3 is 2. The number of oxime groups is 1. The maximum atomic E-state index is 12.3. The molecule has 0 aromatic heterocycles. The van der Waals surface area contributed by atoms with Crippen LogP contribution in [-0.2, 0) is 9.63 Å². The Labute approximate surface area is 165 Å². The molecule has 0 atom stereocenters. The first-order valence-corrected chi connectivity index (χ1v) is 9.16. The van der Waals surface area contributed by atoms with Crippen LogP contribution in [0.3, 0.4) is 0 Å². The van der Waals surface area contributed by atoms with Crippen molar-refractivity contribution in [3.8, 4) is 11.5 Å². The molecule has 2 aromatic carbocycles. The van der Waals surface area contributed by atoms with Crippen LogP contribution >= 0.6 is 0 Å². The van der Waals surface area contributed by atoms with Gasteiger partial charge in [0, 0.05) is 26.2 Å². The Morgan fingerprint density at radius 3 is 2.39 bits per heavy atom. The van der Waals surface area contributed by atoms with Gasteiger partial charge in [-0.2, -0.15) is 0 Å². The Morgan fingerprint density at radius 1 is 1.00 bits per heavy atom. The average Bonchev–Trinajstić information content (AvgIpc) is 2.77. The van der Waals surface area contributed by atoms with Crippen molar-refractivity contribution in [1.29, 1.82) is 0 Å². The lowest BCUT2D eigenvalue weighted by Gasteiger charge is -2.36. The number of benzene rings is 2. The molecule has 0 radical (unpaired) electrons. The van der Waals surface area contributed by atoms with Gasteiger partial charge in [-0.15, -0.1) is 0 Å². The highest BCUT2D eigenvalue weighted by atomic mass is 16.6. The minimum absolute atomic E-state index is 0.0634. The van der Waals surface area contributed by atoms with E-state index in [1.54, 1.807) is 25.3 Å². The second-order valence-electron chi connectivity index (χ2n) is 6.32. The summed E-state index contributed by atoms with van der Waals surface area (Å²) in [5.74, 6) is 1.56. The van der Waals surface area contributed by atoms with Crippen molar-refractivity contribution in [3.05, 3.63) is 54.1 Å². The third-order valence-corrected chi connectivity index (χ3v) is 4.64. The van der Waals surface area contributed by atoms with E-state index in [4.69, 9.17) is 14.3 Å². The van der Waals surface area contributed by atoms with E-state index >= 15 is 0 Å². The van der Waals surface area contributed by atoms with Gasteiger partial charge in [0.05, 0.1) is 26.1 Å². The summed E-state index contributed by atoms with van der Waals surface area (Å²) in [4.78, 5) is 21.5. The number of carbonyl (C=O) groups is 1. The van der Waals surface area contributed by atoms with E-state index in [9.17, 15) is 4.79 Å². The van der Waals surface area contributed by atoms with Crippen LogP contribution in [-0.4, -0.2) is 64.0 Å². The van der Waals surface area contributed by atoms with Crippen LogP contribution in [0.25, 0.3) is 0 Å². The molecule has 7 heteroatoms. The molecule has 3 rings (SSSR count). The van der Waals surface area contributed by atoms with E-state index in [1.807, 2.05) is 48.5 Å². The SMILES string of the molecule is COc1ccc(/C=N\OCC(=O)N2CCN(c3ccccc3OC)CC2)cc1. The van der Waals surface area contributed by atoms with Gasteiger partial charge < -0.3 is 24.1 Å². The van der Waals surface area contributed by atoms with Gasteiger partial charge in [-0.3, -0.25) is 4.79 Å². The third kappa shape index (κ3) is 4.94. The summed E-state index contributed by atoms with van der Waals surface area (Å²) in [6.45, 7) is 2.72. The smallest absolute Gasteiger partial charge is 0.263 e. The molecule has 1 aliphatic heterocycles. The fourth-order valence-electron chi connectivity index (χ4n) is 3.06. The fraction of sp³-hybridized carbons (Fsp3) is 0.333. The largest absolute Gasteiger partial charge is 0.497 e. The molecule has 0 unspecified atom stereocenters. The first kappa shape index (κ1) is 19.5. The minimum atomic E-state index is -0.0681. The number of carbonyl (C=O) groups excluding carboxylic acids is 1. The molecule has 1 aliphatic rings. The lowest BCUT2D eigenvalue weighted by Crippen LogP contribution is -2.49. The Kier molecular flexibility index (Phi) is 6.73. The number of rotatable bonds is 7. The normalized spacial score (nSPS) is 14.2. The highest BCUT2D eigenvalue weighted by molar-refractivity contribution is 5.80. The van der Waals surface area contributed by atoms with Crippen molar-refractivity contribution in [2.24, 2.45) is 5.16 Å². The Bertz CT molecular complexity index is 800. The van der Waals surface area contributed by atoms with Crippen molar-refractivity contribution in [2.45, 2.75) is 0 Å². The first-order valence-electron chi connectivity index (χ1n) is 9.16. The summed E-state index contributed by atoms with van der Waals surface area (Å²) in [6, 6.07) is 15.3. The van der Waals surface area contributed by atoms with Gasteiger partial charge in [0.15, 0.2) is 6.61 Å². The van der Waals surface area contributed by atoms with Crippen LogP contribution < -0.4 is 14.4 Å². The van der Waals surface area contributed by atoms with Crippen LogP contribution in [0.4, 0.5) is 5.69 Å². The zero-order chi connectivity index (χ0) is 19.8. The predicted octanol–water partition coefficient (Wildman–Crippen LogP) is 2.40. The molecule has 0 aliphatic carbocycles. The maximum absolute atomic E-state index is 12.3. The van der Waals surface area contributed by atoms with Crippen molar-refractivity contribution in [2.75, 3.05) is 51.9 Å². The molecule has 28 heavy (non-hydrogen) atoms. The molecule has 7 nitrogen and oxygen atoms in total. The second kappa shape index (κ2) is 9.64. The zero-order valence-electron chi connectivity index (χ0n) is 16.2. The van der Waals surface area contributed by atoms with E-state index in [0.29, 0.717) is 13.1 Å². The number of hydrogen-bond donors (Lipinski definition) is 0. The third-order valence-electron chi connectivity index (χ3n) is 4.64. The van der Waals surface area contributed by atoms with Crippen LogP contribution in [0.15, 0.2) is 53.7 Å². The lowest BCUT2D eigenvalue weighted by atomic mass is 10.2. The molecular weight excluding hydrogens is 358 g/mol. The number of hydrogen-bond acceptors (Lipinski definition) is 6. The van der Waals surface area contributed by atoms with Crippen LogP contribution in [0, 0.1) is 0 Å². The van der Waals surface area contributed by atoms with E-state index < -0.39 is 0 Å². The topological polar surface area (TPSA) is 63.6 Å². The van der Waals surface area contributed by atoms with E-state index in [0.717, 1.165) is 35.8 Å². The number of amides is 1. The van der Waals surface area contributed by atoms with Gasteiger partial charge in [0.25, 0.3) is 5.91 Å². The number of ether oxygens (including phenoxy) is 2. The molecule has 0 N–H and O–H groups in total. The highest BCUT2D eigenvalue weighted by Gasteiger charge is 2.23. The van der Waals surface area contributed by atoms with Gasteiger partial charge >= 0.3 is 0 Å². The zero-order valence-corrected chi connectivity index (χ0v) is 16.2. The Morgan fingerprint density at radius 2 is 1.71 bits per heavy atom. The summed E-state index contributed by atoms with van der Waals surface area (Å²) >= 11 is 0. The van der Waals surface area contributed by atoms with Crippen molar-refractivity contribution >= 4 is 17.8 Å². The number of nitrogens with zero attached hydrogens (tertiary/aromatic N) is 3. The molecular formula is C21H25N3O4. The average molecular weight is 383 g/mol. The van der Waals surface area contributed by atoms with Crippen molar-refractivity contribution in [1.82, 2.24) is 4.90 Å². The van der Waals surface area contributed by atoms with Gasteiger partial charge in [0.1, 0.15) is 11.5 Å².